The smallest absolute Gasteiger partial charge is 0.229 e. The summed E-state index contributed by atoms with van der Waals surface area (Å²) in [5, 5.41) is 0. The van der Waals surface area contributed by atoms with E-state index in [-0.39, 0.29) is 43.3 Å². The number of ketones is 1. The van der Waals surface area contributed by atoms with Crippen LogP contribution in [-0.4, -0.2) is 173 Å². The third-order valence-corrected chi connectivity index (χ3v) is 52.5. The molecule has 32 aliphatic carbocycles. The van der Waals surface area contributed by atoms with Crippen LogP contribution in [0, 0.1) is 213 Å². The van der Waals surface area contributed by atoms with Crippen LogP contribution in [0.15, 0.2) is 0 Å². The molecule has 0 spiro atoms. The van der Waals surface area contributed by atoms with Gasteiger partial charge in [0.15, 0.2) is 0 Å². The van der Waals surface area contributed by atoms with Gasteiger partial charge in [0.2, 0.25) is 41.4 Å². The summed E-state index contributed by atoms with van der Waals surface area (Å²) in [6.45, 7) is 36.0. The minimum Gasteiger partial charge on any atom is -0.342 e. The Morgan fingerprint density at radius 3 is 0.753 bits per heavy atom. The lowest BCUT2D eigenvalue weighted by Gasteiger charge is -2.57. The van der Waals surface area contributed by atoms with E-state index in [9.17, 15) is 38.4 Å². The number of nitrogens with zero attached hydrogens (tertiary/aromatic N) is 7. The van der Waals surface area contributed by atoms with Gasteiger partial charge >= 0.3 is 0 Å². The Morgan fingerprint density at radius 1 is 0.220 bits per heavy atom. The monoisotopic (exact) mass is 2060 g/mol. The minimum atomic E-state index is 0.0716. The molecule has 2 unspecified atom stereocenters. The molecule has 838 valence electrons. The van der Waals surface area contributed by atoms with Crippen LogP contribution >= 0.6 is 0 Å². The zero-order chi connectivity index (χ0) is 104. The number of rotatable bonds is 11. The molecule has 39 fully saturated rings. The van der Waals surface area contributed by atoms with Crippen molar-refractivity contribution in [3.63, 3.8) is 0 Å². The highest BCUT2D eigenvalue weighted by atomic mass is 16.2. The highest BCUT2D eigenvalue weighted by Crippen LogP contribution is 2.70. The fraction of sp³-hybridized carbons (Fsp3) is 0.941. The molecule has 7 heterocycles. The summed E-state index contributed by atoms with van der Waals surface area (Å²) in [6.07, 6.45) is 86.1. The van der Waals surface area contributed by atoms with Crippen molar-refractivity contribution < 1.29 is 38.4 Å². The Bertz CT molecular complexity index is 4550. The molecule has 15 heteroatoms. The van der Waals surface area contributed by atoms with E-state index in [2.05, 4.69) is 96.6 Å². The van der Waals surface area contributed by atoms with E-state index in [0.29, 0.717) is 75.3 Å². The lowest BCUT2D eigenvalue weighted by atomic mass is 9.48. The Hall–Kier alpha value is -4.04. The topological polar surface area (TPSA) is 159 Å². The zero-order valence-electron chi connectivity index (χ0n) is 97.3. The van der Waals surface area contributed by atoms with E-state index >= 15 is 0 Å². The third kappa shape index (κ3) is 21.4. The Kier molecular flexibility index (Phi) is 30.2. The van der Waals surface area contributed by atoms with Gasteiger partial charge in [0.25, 0.3) is 0 Å². The summed E-state index contributed by atoms with van der Waals surface area (Å²) < 4.78 is 0. The number of Topliss-reactive ketones (excluding diaryl/α,β-unsaturated/α-hetero) is 1. The van der Waals surface area contributed by atoms with Crippen LogP contribution in [0.25, 0.3) is 0 Å². The van der Waals surface area contributed by atoms with Gasteiger partial charge in [-0.1, -0.05) is 61.8 Å². The second kappa shape index (κ2) is 42.2. The zero-order valence-corrected chi connectivity index (χ0v) is 97.3. The maximum Gasteiger partial charge on any atom is 0.229 e. The fourth-order valence-electron chi connectivity index (χ4n) is 47.7. The molecule has 39 aliphatic rings. The first-order valence-electron chi connectivity index (χ1n) is 66.5. The second-order valence-electron chi connectivity index (χ2n) is 64.9. The van der Waals surface area contributed by atoms with E-state index in [4.69, 9.17) is 0 Å². The van der Waals surface area contributed by atoms with Crippen molar-refractivity contribution in [2.45, 2.75) is 499 Å². The molecule has 0 aromatic rings. The number of amides is 7. The van der Waals surface area contributed by atoms with Gasteiger partial charge in [-0.2, -0.15) is 0 Å². The maximum atomic E-state index is 13.3. The molecule has 0 aromatic carbocycles. The molecule has 2 atom stereocenters. The predicted molar refractivity (Wildman–Crippen MR) is 599 cm³/mol. The number of carbonyl (C=O) groups excluding carboxylic acids is 8. The SMILES string of the molecule is CC(=O)C12CC3CC(CC(C3)C1)C2.CC1(C)CCCN(C(=O)C23CC4CC(CC(C4)C2)C3)C1.CC1CCCCN1C(=O)C12CC3CC(CC(C3)C1)C2.CC1CCCN(C(=O)C23CC4CC(CC(C4)C2)C3)C1.CC1CCN(C(=O)C23CC4CC(CC(C4)C2)C3)CC1.CCC1(C)CCN(C(=O)C23CC4CC(CC(C4)C2)C3)CC1.CCC1(CC)CCN(C(=O)C23CC4CC(CC(C4)C2)C3)C1.O=C(N1CCCCC1)C12CC3CC(CC(C3)C1)C2. The van der Waals surface area contributed by atoms with Crippen LogP contribution in [0.4, 0.5) is 0 Å². The van der Waals surface area contributed by atoms with E-state index < -0.39 is 0 Å². The molecule has 32 saturated carbocycles. The Morgan fingerprint density at radius 2 is 0.473 bits per heavy atom. The van der Waals surface area contributed by atoms with Crippen molar-refractivity contribution in [3.8, 4) is 0 Å². The number of likely N-dealkylation sites (tertiary alicyclic amines) is 7. The molecular weight excluding hydrogens is 1850 g/mol. The predicted octanol–water partition coefficient (Wildman–Crippen LogP) is 28.9. The molecule has 0 aromatic heterocycles. The number of hydrogen-bond donors (Lipinski definition) is 0. The normalized spacial score (nSPS) is 46.6. The van der Waals surface area contributed by atoms with Crippen molar-refractivity contribution in [1.29, 1.82) is 0 Å². The standard InChI is InChI=1S/2C19H31NO.C18H29NO.3C17H27NO.C16H25NO.C12H18O/c1-3-18(2)4-6-20(7-5-18)17(21)19-11-14-8-15(12-19)10-16(9-14)13-19;1-3-18(4-2)5-6-20(13-18)17(21)19-10-14-7-15(11-19)9-16(8-14)12-19;1-17(2)4-3-5-19(12-17)16(20)18-9-13-6-14(10-18)8-15(7-13)11-18;1-12-2-4-18(5-3-12)16(19)17-9-13-6-14(10-17)8-15(7-13)11-17;1-12-3-2-4-18(11-12)16(19)17-8-13-5-14(9-17)7-15(6-13)10-17;1-12-4-2-3-5-18(12)16(19)17-9-13-6-14(10-17)8-15(7-13)11-17;18-15(17-4-2-1-3-5-17)16-9-12-6-13(10-16)8-14(7-12)11-16;1-8(13)12-5-9-2-10(6-12)4-11(3-9)7-12/h2*14-16H,3-13H2,1-2H3;13-15H,3-12H2,1-2H3;3*12-15H,2-11H2,1H3;12-14H,1-11H2;9-11H,2-7H2,1H3. The van der Waals surface area contributed by atoms with Gasteiger partial charge in [-0.25, -0.2) is 0 Å². The van der Waals surface area contributed by atoms with Gasteiger partial charge in [0.05, 0.1) is 37.9 Å². The lowest BCUT2D eigenvalue weighted by Crippen LogP contribution is -2.57. The largest absolute Gasteiger partial charge is 0.342 e. The molecule has 15 nitrogen and oxygen atoms in total. The quantitative estimate of drug-likeness (QED) is 0.198. The minimum absolute atomic E-state index is 0.0716. The van der Waals surface area contributed by atoms with E-state index in [1.807, 2.05) is 6.92 Å². The van der Waals surface area contributed by atoms with Gasteiger partial charge < -0.3 is 34.3 Å². The summed E-state index contributed by atoms with van der Waals surface area (Å²) >= 11 is 0. The van der Waals surface area contributed by atoms with E-state index in [0.717, 1.165) is 233 Å². The van der Waals surface area contributed by atoms with Gasteiger partial charge in [0.1, 0.15) is 5.78 Å². The fourth-order valence-corrected chi connectivity index (χ4v) is 47.7. The molecule has 0 radical (unpaired) electrons. The molecule has 32 bridgehead atoms. The Balaban J connectivity index is 0.0000000914. The van der Waals surface area contributed by atoms with Crippen molar-refractivity contribution in [2.75, 3.05) is 85.1 Å². The highest BCUT2D eigenvalue weighted by molar-refractivity contribution is 5.88. The summed E-state index contributed by atoms with van der Waals surface area (Å²) in [6, 6.07) is 0.495. The number of carbonyl (C=O) groups is 8. The van der Waals surface area contributed by atoms with Crippen molar-refractivity contribution in [3.05, 3.63) is 0 Å². The Labute approximate surface area is 911 Å². The summed E-state index contributed by atoms with van der Waals surface area (Å²) in [5.41, 5.74) is 2.00. The van der Waals surface area contributed by atoms with Gasteiger partial charge in [0, 0.05) is 96.5 Å². The van der Waals surface area contributed by atoms with Gasteiger partial charge in [-0.3, -0.25) is 38.4 Å². The average Bonchev–Trinajstić information content (AvgIpc) is 1.43. The first kappa shape index (κ1) is 107. The second-order valence-corrected chi connectivity index (χ2v) is 64.9. The summed E-state index contributed by atoms with van der Waals surface area (Å²) in [5.74, 6) is 27.2. The summed E-state index contributed by atoms with van der Waals surface area (Å²) in [7, 11) is 0. The number of hydrogen-bond acceptors (Lipinski definition) is 8. The molecule has 7 amide bonds. The molecule has 0 N–H and O–H groups in total. The van der Waals surface area contributed by atoms with Crippen LogP contribution in [0.5, 0.6) is 0 Å². The molecule has 150 heavy (non-hydrogen) atoms. The number of piperidine rings is 6. The van der Waals surface area contributed by atoms with Crippen LogP contribution in [0.1, 0.15) is 493 Å². The molecule has 7 aliphatic heterocycles. The van der Waals surface area contributed by atoms with Gasteiger partial charge in [-0.05, 0) is 601 Å². The van der Waals surface area contributed by atoms with Crippen LogP contribution in [-0.2, 0) is 38.4 Å². The van der Waals surface area contributed by atoms with E-state index in [1.54, 1.807) is 0 Å². The molecular formula is C135H215N7O8. The first-order chi connectivity index (χ1) is 71.9. The lowest BCUT2D eigenvalue weighted by molar-refractivity contribution is -0.161. The van der Waals surface area contributed by atoms with Crippen molar-refractivity contribution in [1.82, 2.24) is 34.3 Å². The van der Waals surface area contributed by atoms with Crippen LogP contribution in [0.2, 0.25) is 0 Å². The van der Waals surface area contributed by atoms with Gasteiger partial charge in [-0.15, -0.1) is 0 Å². The summed E-state index contributed by atoms with van der Waals surface area (Å²) in [4.78, 5) is 120. The van der Waals surface area contributed by atoms with E-state index in [1.165, 1.54) is 424 Å². The van der Waals surface area contributed by atoms with Crippen molar-refractivity contribution >= 4 is 47.1 Å². The third-order valence-electron chi connectivity index (χ3n) is 52.5. The van der Waals surface area contributed by atoms with Crippen molar-refractivity contribution in [2.24, 2.45) is 213 Å². The molecule has 7 saturated heterocycles. The molecule has 39 rings (SSSR count). The first-order valence-corrected chi connectivity index (χ1v) is 66.5. The average molecular weight is 2060 g/mol. The van der Waals surface area contributed by atoms with Crippen LogP contribution < -0.4 is 0 Å². The maximum absolute atomic E-state index is 13.3. The van der Waals surface area contributed by atoms with Crippen LogP contribution in [0.3, 0.4) is 0 Å². The highest BCUT2D eigenvalue weighted by Gasteiger charge is 2.66.